The van der Waals surface area contributed by atoms with Crippen molar-refractivity contribution in [3.05, 3.63) is 24.5 Å². The number of piperidine rings is 1. The Hall–Kier alpha value is -4.01. The lowest BCUT2D eigenvalue weighted by Gasteiger charge is -2.35. The largest absolute Gasteiger partial charge is 0.378 e. The first kappa shape index (κ1) is 30.4. The molecule has 2 N–H and O–H groups in total. The number of amides is 2. The summed E-state index contributed by atoms with van der Waals surface area (Å²) in [6, 6.07) is 0. The number of nitrogen functional groups attached to an aromatic ring is 1. The molecule has 0 aromatic carbocycles. The molecular weight excluding hydrogens is 562 g/mol. The Kier molecular flexibility index (Phi) is 9.89. The minimum absolute atomic E-state index is 0.00541. The van der Waals surface area contributed by atoms with Crippen LogP contribution in [0.15, 0.2) is 18.9 Å². The van der Waals surface area contributed by atoms with Crippen LogP contribution < -0.4 is 15.5 Å². The van der Waals surface area contributed by atoms with Gasteiger partial charge in [-0.15, -0.1) is 0 Å². The number of nitrogens with two attached hydrogens (primary N) is 1. The van der Waals surface area contributed by atoms with Crippen LogP contribution in [-0.2, 0) is 14.3 Å². The number of likely N-dealkylation sites (tertiary alicyclic amines) is 1. The molecule has 0 spiro atoms. The second-order valence-corrected chi connectivity index (χ2v) is 10.9. The number of halogens is 2. The molecule has 2 amide bonds. The van der Waals surface area contributed by atoms with Gasteiger partial charge in [-0.2, -0.15) is 15.0 Å². The maximum atomic E-state index is 13.9. The van der Waals surface area contributed by atoms with Crippen molar-refractivity contribution in [2.75, 3.05) is 81.1 Å². The Morgan fingerprint density at radius 3 is 2.23 bits per heavy atom. The third-order valence-electron chi connectivity index (χ3n) is 8.21. The summed E-state index contributed by atoms with van der Waals surface area (Å²) < 4.78 is 33.2. The molecule has 0 bridgehead atoms. The Balaban J connectivity index is 1.21. The average Bonchev–Trinajstić information content (AvgIpc) is 3.04. The predicted molar refractivity (Wildman–Crippen MR) is 155 cm³/mol. The number of alkyl halides is 2. The molecule has 2 aromatic heterocycles. The summed E-state index contributed by atoms with van der Waals surface area (Å²) in [4.78, 5) is 53.7. The van der Waals surface area contributed by atoms with Crippen LogP contribution in [0.3, 0.4) is 0 Å². The van der Waals surface area contributed by atoms with Crippen LogP contribution in [0, 0.1) is 5.92 Å². The van der Waals surface area contributed by atoms with Crippen molar-refractivity contribution < 1.29 is 23.1 Å². The van der Waals surface area contributed by atoms with Crippen LogP contribution in [0.25, 0.3) is 11.4 Å². The third kappa shape index (κ3) is 7.50. The molecule has 5 heterocycles. The van der Waals surface area contributed by atoms with Gasteiger partial charge in [-0.05, 0) is 37.7 Å². The number of rotatable bonds is 9. The van der Waals surface area contributed by atoms with Crippen LogP contribution in [0.4, 0.5) is 26.6 Å². The fourth-order valence-electron chi connectivity index (χ4n) is 5.70. The van der Waals surface area contributed by atoms with E-state index in [0.29, 0.717) is 76.7 Å². The molecule has 0 aliphatic carbocycles. The van der Waals surface area contributed by atoms with E-state index in [4.69, 9.17) is 10.5 Å². The highest BCUT2D eigenvalue weighted by Crippen LogP contribution is 2.30. The number of carbonyl (C=O) groups is 2. The van der Waals surface area contributed by atoms with E-state index in [9.17, 15) is 18.4 Å². The molecule has 0 atom stereocenters. The molecule has 43 heavy (non-hydrogen) atoms. The predicted octanol–water partition coefficient (Wildman–Crippen LogP) is 1.93. The van der Waals surface area contributed by atoms with Gasteiger partial charge in [0, 0.05) is 65.0 Å². The van der Waals surface area contributed by atoms with E-state index in [2.05, 4.69) is 31.5 Å². The second kappa shape index (κ2) is 14.0. The smallest absolute Gasteiger partial charge is 0.281 e. The molecular formula is C28H38F2N10O3. The van der Waals surface area contributed by atoms with E-state index < -0.39 is 12.1 Å². The van der Waals surface area contributed by atoms with Crippen LogP contribution in [0.5, 0.6) is 0 Å². The molecule has 2 aromatic rings. The summed E-state index contributed by atoms with van der Waals surface area (Å²) in [6.45, 7) is 9.13. The number of anilines is 3. The van der Waals surface area contributed by atoms with Gasteiger partial charge >= 0.3 is 0 Å². The van der Waals surface area contributed by atoms with Crippen molar-refractivity contribution >= 4 is 29.7 Å². The molecule has 0 saturated carbocycles. The highest BCUT2D eigenvalue weighted by atomic mass is 19.3. The summed E-state index contributed by atoms with van der Waals surface area (Å²) in [6.07, 6.45) is 3.85. The van der Waals surface area contributed by atoms with Crippen molar-refractivity contribution in [1.82, 2.24) is 34.7 Å². The van der Waals surface area contributed by atoms with Crippen molar-refractivity contribution in [2.45, 2.75) is 38.5 Å². The topological polar surface area (TPSA) is 147 Å². The van der Waals surface area contributed by atoms with Gasteiger partial charge in [-0.25, -0.2) is 18.7 Å². The Bertz CT molecular complexity index is 1290. The number of nitrogens with zero attached hydrogens (tertiary/aromatic N) is 9. The molecule has 13 nitrogen and oxygen atoms in total. The molecule has 5 rings (SSSR count). The van der Waals surface area contributed by atoms with Crippen molar-refractivity contribution in [3.8, 4) is 11.4 Å². The van der Waals surface area contributed by atoms with E-state index in [1.165, 1.54) is 12.3 Å². The Labute approximate surface area is 249 Å². The summed E-state index contributed by atoms with van der Waals surface area (Å²) >= 11 is 0. The zero-order chi connectivity index (χ0) is 30.3. The van der Waals surface area contributed by atoms with Crippen LogP contribution >= 0.6 is 0 Å². The monoisotopic (exact) mass is 600 g/mol. The van der Waals surface area contributed by atoms with E-state index in [1.54, 1.807) is 0 Å². The Morgan fingerprint density at radius 1 is 0.953 bits per heavy atom. The highest BCUT2D eigenvalue weighted by molar-refractivity contribution is 5.87. The van der Waals surface area contributed by atoms with Gasteiger partial charge in [-0.3, -0.25) is 9.59 Å². The first-order valence-corrected chi connectivity index (χ1v) is 14.8. The summed E-state index contributed by atoms with van der Waals surface area (Å²) in [7, 11) is 0. The summed E-state index contributed by atoms with van der Waals surface area (Å²) in [5.41, 5.74) is 5.03. The Morgan fingerprint density at radius 2 is 1.60 bits per heavy atom. The van der Waals surface area contributed by atoms with Gasteiger partial charge in [-0.1, -0.05) is 6.58 Å². The zero-order valence-electron chi connectivity index (χ0n) is 24.2. The van der Waals surface area contributed by atoms with E-state index in [1.807, 2.05) is 19.6 Å². The van der Waals surface area contributed by atoms with Gasteiger partial charge < -0.3 is 30.1 Å². The van der Waals surface area contributed by atoms with Gasteiger partial charge in [0.1, 0.15) is 5.69 Å². The number of aromatic nitrogens is 5. The minimum Gasteiger partial charge on any atom is -0.378 e. The maximum Gasteiger partial charge on any atom is 0.281 e. The molecule has 3 aliphatic heterocycles. The van der Waals surface area contributed by atoms with E-state index in [-0.39, 0.29) is 29.2 Å². The van der Waals surface area contributed by atoms with Gasteiger partial charge in [0.15, 0.2) is 5.82 Å². The lowest BCUT2D eigenvalue weighted by molar-refractivity contribution is -0.131. The van der Waals surface area contributed by atoms with Crippen molar-refractivity contribution in [2.24, 2.45) is 5.92 Å². The van der Waals surface area contributed by atoms with Gasteiger partial charge in [0.2, 0.25) is 29.7 Å². The average molecular weight is 601 g/mol. The lowest BCUT2D eigenvalue weighted by atomic mass is 9.91. The number of hydrogen-bond acceptors (Lipinski definition) is 11. The quantitative estimate of drug-likeness (QED) is 0.421. The third-order valence-corrected chi connectivity index (χ3v) is 8.21. The van der Waals surface area contributed by atoms with Crippen molar-refractivity contribution in [1.29, 1.82) is 0 Å². The number of hydrogen-bond donors (Lipinski definition) is 1. The fraction of sp³-hybridized carbons (Fsp3) is 0.607. The molecule has 0 radical (unpaired) electrons. The first-order chi connectivity index (χ1) is 20.8. The summed E-state index contributed by atoms with van der Waals surface area (Å²) in [5.74, 6) is 1.11. The van der Waals surface area contributed by atoms with Crippen LogP contribution in [0.1, 0.15) is 44.2 Å². The normalized spacial score (nSPS) is 18.3. The number of morpholine rings is 1. The molecule has 3 saturated heterocycles. The molecule has 232 valence electrons. The molecule has 3 fully saturated rings. The molecule has 0 unspecified atom stereocenters. The van der Waals surface area contributed by atoms with Crippen LogP contribution in [-0.4, -0.2) is 112 Å². The number of piperazine rings is 1. The van der Waals surface area contributed by atoms with E-state index in [0.717, 1.165) is 38.8 Å². The summed E-state index contributed by atoms with van der Waals surface area (Å²) in [5, 5.41) is 0. The fourth-order valence-corrected chi connectivity index (χ4v) is 5.70. The zero-order valence-corrected chi connectivity index (χ0v) is 24.2. The SMILES string of the molecule is C=CC(=O)N1CCC(CCCC(=O)N2CCN(c3nc(-c4cnc(N)nc4C(F)F)nc(N4CCOCC4)n3)CC2)CC1. The highest BCUT2D eigenvalue weighted by Gasteiger charge is 2.28. The van der Waals surface area contributed by atoms with E-state index >= 15 is 0 Å². The van der Waals surface area contributed by atoms with Crippen LogP contribution in [0.2, 0.25) is 0 Å². The molecule has 3 aliphatic rings. The lowest BCUT2D eigenvalue weighted by Crippen LogP contribution is -2.49. The van der Waals surface area contributed by atoms with Crippen molar-refractivity contribution in [3.63, 3.8) is 0 Å². The first-order valence-electron chi connectivity index (χ1n) is 14.8. The maximum absolute atomic E-state index is 13.9. The van der Waals surface area contributed by atoms with Gasteiger partial charge in [0.05, 0.1) is 18.8 Å². The van der Waals surface area contributed by atoms with Gasteiger partial charge in [0.25, 0.3) is 6.43 Å². The number of ether oxygens (including phenoxy) is 1. The second-order valence-electron chi connectivity index (χ2n) is 10.9. The molecule has 15 heteroatoms. The number of carbonyl (C=O) groups excluding carboxylic acids is 2. The minimum atomic E-state index is -2.89. The standard InChI is InChI=1S/C28H38F2N10O3/c1-2-21(41)37-8-6-19(7-9-37)4-3-5-22(42)38-10-12-39(13-11-38)27-34-25(20-18-32-26(31)33-23(20)24(29)30)35-28(36-27)40-14-16-43-17-15-40/h2,18-19,24H,1,3-17H2,(H2,31,32,33).